The monoisotopic (exact) mass is 299 g/mol. The van der Waals surface area contributed by atoms with Gasteiger partial charge in [0.05, 0.1) is 5.56 Å². The Hall–Kier alpha value is -1.03. The summed E-state index contributed by atoms with van der Waals surface area (Å²) in [7, 11) is 0. The van der Waals surface area contributed by atoms with E-state index in [1.165, 1.54) is 0 Å². The minimum absolute atomic E-state index is 0.309. The number of hydrogen-bond acceptors (Lipinski definition) is 2. The lowest BCUT2D eigenvalue weighted by Crippen LogP contribution is -2.08. The Morgan fingerprint density at radius 3 is 2.76 bits per heavy atom. The van der Waals surface area contributed by atoms with Crippen molar-refractivity contribution in [1.29, 1.82) is 0 Å². The van der Waals surface area contributed by atoms with Gasteiger partial charge in [0.2, 0.25) is 0 Å². The Morgan fingerprint density at radius 1 is 1.47 bits per heavy atom. The molecule has 0 heterocycles. The summed E-state index contributed by atoms with van der Waals surface area (Å²) < 4.78 is 0.780. The van der Waals surface area contributed by atoms with Crippen molar-refractivity contribution in [3.8, 4) is 0 Å². The molecule has 0 saturated carbocycles. The summed E-state index contributed by atoms with van der Waals surface area (Å²) in [5.41, 5.74) is 0.994. The summed E-state index contributed by atoms with van der Waals surface area (Å²) in [5, 5.41) is 12.2. The van der Waals surface area contributed by atoms with Crippen LogP contribution < -0.4 is 5.32 Å². The third kappa shape index (κ3) is 4.77. The standard InChI is InChI=1S/C13H18BrNO2/c1-9(2)4-3-7-15-12-6-5-10(14)8-11(12)13(16)17/h5-6,8-9,15H,3-4,7H2,1-2H3,(H,16,17). The minimum Gasteiger partial charge on any atom is -0.478 e. The van der Waals surface area contributed by atoms with Gasteiger partial charge in [-0.3, -0.25) is 0 Å². The van der Waals surface area contributed by atoms with E-state index in [4.69, 9.17) is 5.11 Å². The second kappa shape index (κ2) is 6.64. The van der Waals surface area contributed by atoms with Crippen LogP contribution in [0.15, 0.2) is 22.7 Å². The van der Waals surface area contributed by atoms with Crippen LogP contribution in [0.25, 0.3) is 0 Å². The Balaban J connectivity index is 2.61. The fraction of sp³-hybridized carbons (Fsp3) is 0.462. The lowest BCUT2D eigenvalue weighted by atomic mass is 10.1. The van der Waals surface area contributed by atoms with Gasteiger partial charge in [0, 0.05) is 16.7 Å². The van der Waals surface area contributed by atoms with Crippen LogP contribution in [0.4, 0.5) is 5.69 Å². The number of benzene rings is 1. The third-order valence-corrected chi connectivity index (χ3v) is 2.98. The van der Waals surface area contributed by atoms with Gasteiger partial charge in [0.1, 0.15) is 0 Å². The molecule has 0 aliphatic heterocycles. The van der Waals surface area contributed by atoms with E-state index in [0.717, 1.165) is 23.9 Å². The lowest BCUT2D eigenvalue weighted by Gasteiger charge is -2.10. The first-order valence-corrected chi connectivity index (χ1v) is 6.56. The van der Waals surface area contributed by atoms with Gasteiger partial charge in [-0.05, 0) is 37.0 Å². The Bertz CT molecular complexity index is 391. The Kier molecular flexibility index (Phi) is 5.48. The maximum absolute atomic E-state index is 11.1. The van der Waals surface area contributed by atoms with Gasteiger partial charge in [-0.25, -0.2) is 4.79 Å². The quantitative estimate of drug-likeness (QED) is 0.781. The van der Waals surface area contributed by atoms with Crippen LogP contribution in [0.5, 0.6) is 0 Å². The molecule has 2 N–H and O–H groups in total. The molecule has 3 nitrogen and oxygen atoms in total. The molecule has 0 radical (unpaired) electrons. The molecule has 1 rings (SSSR count). The van der Waals surface area contributed by atoms with Gasteiger partial charge in [0.25, 0.3) is 0 Å². The highest BCUT2D eigenvalue weighted by molar-refractivity contribution is 9.10. The fourth-order valence-corrected chi connectivity index (χ4v) is 1.94. The molecule has 0 amide bonds. The largest absolute Gasteiger partial charge is 0.478 e. The summed E-state index contributed by atoms with van der Waals surface area (Å²) in [6.07, 6.45) is 2.19. The van der Waals surface area contributed by atoms with Crippen molar-refractivity contribution in [1.82, 2.24) is 0 Å². The average Bonchev–Trinajstić information content (AvgIpc) is 2.25. The zero-order valence-electron chi connectivity index (χ0n) is 10.2. The van der Waals surface area contributed by atoms with E-state index in [1.54, 1.807) is 12.1 Å². The van der Waals surface area contributed by atoms with Crippen LogP contribution in [0.3, 0.4) is 0 Å². The summed E-state index contributed by atoms with van der Waals surface area (Å²) in [5.74, 6) is -0.224. The van der Waals surface area contributed by atoms with Gasteiger partial charge in [-0.2, -0.15) is 0 Å². The topological polar surface area (TPSA) is 49.3 Å². The summed E-state index contributed by atoms with van der Waals surface area (Å²) in [6.45, 7) is 5.17. The predicted molar refractivity (Wildman–Crippen MR) is 73.7 cm³/mol. The van der Waals surface area contributed by atoms with E-state index >= 15 is 0 Å². The molecule has 0 fully saturated rings. The smallest absolute Gasteiger partial charge is 0.337 e. The van der Waals surface area contributed by atoms with Crippen molar-refractivity contribution < 1.29 is 9.90 Å². The van der Waals surface area contributed by atoms with Crippen LogP contribution in [-0.2, 0) is 0 Å². The highest BCUT2D eigenvalue weighted by Gasteiger charge is 2.09. The molecule has 4 heteroatoms. The van der Waals surface area contributed by atoms with Crippen molar-refractivity contribution in [2.45, 2.75) is 26.7 Å². The van der Waals surface area contributed by atoms with Crippen molar-refractivity contribution >= 4 is 27.6 Å². The Morgan fingerprint density at radius 2 is 2.18 bits per heavy atom. The van der Waals surface area contributed by atoms with Crippen molar-refractivity contribution in [3.63, 3.8) is 0 Å². The molecule has 0 unspecified atom stereocenters. The number of aromatic carboxylic acids is 1. The highest BCUT2D eigenvalue weighted by atomic mass is 79.9. The first-order valence-electron chi connectivity index (χ1n) is 5.77. The maximum atomic E-state index is 11.1. The van der Waals surface area contributed by atoms with E-state index in [1.807, 2.05) is 6.07 Å². The van der Waals surface area contributed by atoms with Crippen molar-refractivity contribution in [2.75, 3.05) is 11.9 Å². The first kappa shape index (κ1) is 14.0. The second-order valence-electron chi connectivity index (χ2n) is 4.46. The van der Waals surface area contributed by atoms with Gasteiger partial charge >= 0.3 is 5.97 Å². The molecule has 94 valence electrons. The van der Waals surface area contributed by atoms with Crippen LogP contribution in [0, 0.1) is 5.92 Å². The van der Waals surface area contributed by atoms with Crippen LogP contribution in [0.1, 0.15) is 37.0 Å². The molecule has 0 aliphatic rings. The molecule has 0 spiro atoms. The zero-order chi connectivity index (χ0) is 12.8. The van der Waals surface area contributed by atoms with Gasteiger partial charge in [-0.1, -0.05) is 29.8 Å². The van der Waals surface area contributed by atoms with Crippen molar-refractivity contribution in [3.05, 3.63) is 28.2 Å². The molecule has 0 aliphatic carbocycles. The number of hydrogen-bond donors (Lipinski definition) is 2. The van der Waals surface area contributed by atoms with Crippen molar-refractivity contribution in [2.24, 2.45) is 5.92 Å². The number of carbonyl (C=O) groups is 1. The number of carboxylic acid groups (broad SMARTS) is 1. The molecule has 0 bridgehead atoms. The van der Waals surface area contributed by atoms with E-state index in [9.17, 15) is 4.79 Å². The van der Waals surface area contributed by atoms with Gasteiger partial charge < -0.3 is 10.4 Å². The van der Waals surface area contributed by atoms with Crippen LogP contribution in [-0.4, -0.2) is 17.6 Å². The maximum Gasteiger partial charge on any atom is 0.337 e. The van der Waals surface area contributed by atoms with Crippen LogP contribution in [0.2, 0.25) is 0 Å². The SMILES string of the molecule is CC(C)CCCNc1ccc(Br)cc1C(=O)O. The molecule has 0 atom stereocenters. The predicted octanol–water partition coefficient (Wildman–Crippen LogP) is 4.00. The summed E-state index contributed by atoms with van der Waals surface area (Å²) in [4.78, 5) is 11.1. The molecular weight excluding hydrogens is 282 g/mol. The molecular formula is C13H18BrNO2. The van der Waals surface area contributed by atoms with Gasteiger partial charge in [0.15, 0.2) is 0 Å². The van der Waals surface area contributed by atoms with E-state index in [2.05, 4.69) is 35.1 Å². The zero-order valence-corrected chi connectivity index (χ0v) is 11.8. The van der Waals surface area contributed by atoms with E-state index in [-0.39, 0.29) is 0 Å². The van der Waals surface area contributed by atoms with E-state index < -0.39 is 5.97 Å². The minimum atomic E-state index is -0.905. The number of carboxylic acids is 1. The third-order valence-electron chi connectivity index (χ3n) is 2.49. The lowest BCUT2D eigenvalue weighted by molar-refractivity contribution is 0.0698. The number of nitrogens with one attached hydrogen (secondary N) is 1. The first-order chi connectivity index (χ1) is 8.00. The highest BCUT2D eigenvalue weighted by Crippen LogP contribution is 2.21. The Labute approximate surface area is 110 Å². The summed E-state index contributed by atoms with van der Waals surface area (Å²) >= 11 is 3.27. The molecule has 17 heavy (non-hydrogen) atoms. The second-order valence-corrected chi connectivity index (χ2v) is 5.37. The molecule has 0 aromatic heterocycles. The fourth-order valence-electron chi connectivity index (χ4n) is 1.58. The normalized spacial score (nSPS) is 10.6. The van der Waals surface area contributed by atoms with E-state index in [0.29, 0.717) is 17.2 Å². The average molecular weight is 300 g/mol. The number of rotatable bonds is 6. The van der Waals surface area contributed by atoms with Crippen LogP contribution >= 0.6 is 15.9 Å². The molecule has 0 saturated heterocycles. The number of halogens is 1. The molecule has 1 aromatic carbocycles. The summed E-state index contributed by atoms with van der Waals surface area (Å²) in [6, 6.07) is 5.26. The van der Waals surface area contributed by atoms with Gasteiger partial charge in [-0.15, -0.1) is 0 Å². The number of anilines is 1. The molecule has 1 aromatic rings.